The molecular formula is C36H54GeO6. The van der Waals surface area contributed by atoms with Crippen molar-refractivity contribution in [3.8, 4) is 0 Å². The zero-order chi connectivity index (χ0) is 29.5. The van der Waals surface area contributed by atoms with Crippen LogP contribution < -0.4 is 8.79 Å². The molecular weight excluding hydrogens is 601 g/mol. The van der Waals surface area contributed by atoms with Crippen molar-refractivity contribution in [1.82, 2.24) is 0 Å². The van der Waals surface area contributed by atoms with Crippen molar-refractivity contribution in [2.75, 3.05) is 0 Å². The first-order valence-electron chi connectivity index (χ1n) is 17.5. The maximum absolute atomic E-state index is 6.75. The van der Waals surface area contributed by atoms with Crippen LogP contribution in [0.2, 0.25) is 0 Å². The second kappa shape index (κ2) is 17.4. The molecule has 0 radical (unpaired) electrons. The number of hydrogen-bond donors (Lipinski definition) is 0. The summed E-state index contributed by atoms with van der Waals surface area (Å²) >= 11 is -4.23. The molecule has 5 rings (SSSR count). The topological polar surface area (TPSA) is 55.4 Å². The van der Waals surface area contributed by atoms with Crippen LogP contribution in [0, 0.1) is 0 Å². The van der Waals surface area contributed by atoms with Crippen molar-refractivity contribution < 1.29 is 27.4 Å². The van der Waals surface area contributed by atoms with Gasteiger partial charge in [-0.25, -0.2) is 0 Å². The fourth-order valence-corrected chi connectivity index (χ4v) is 12.1. The molecule has 2 spiro atoms. The Morgan fingerprint density at radius 2 is 0.628 bits per heavy atom. The van der Waals surface area contributed by atoms with E-state index in [-0.39, 0.29) is 0 Å². The quantitative estimate of drug-likeness (QED) is 0.238. The molecule has 3 fully saturated rings. The van der Waals surface area contributed by atoms with Gasteiger partial charge in [0.15, 0.2) is 0 Å². The summed E-state index contributed by atoms with van der Waals surface area (Å²) in [4.78, 5) is 26.4. The third-order valence-corrected chi connectivity index (χ3v) is 15.4. The van der Waals surface area contributed by atoms with Gasteiger partial charge in [0.05, 0.1) is 0 Å². The summed E-state index contributed by atoms with van der Waals surface area (Å²) in [5.74, 6) is -2.04. The molecule has 2 saturated carbocycles. The van der Waals surface area contributed by atoms with Gasteiger partial charge in [0.2, 0.25) is 0 Å². The summed E-state index contributed by atoms with van der Waals surface area (Å²) in [6.07, 6.45) is 24.3. The van der Waals surface area contributed by atoms with Gasteiger partial charge in [-0.05, 0) is 0 Å². The summed E-state index contributed by atoms with van der Waals surface area (Å²) in [5.41, 5.74) is 0. The van der Waals surface area contributed by atoms with E-state index in [1.165, 1.54) is 64.2 Å². The Hall–Kier alpha value is -1.26. The van der Waals surface area contributed by atoms with Gasteiger partial charge in [0, 0.05) is 0 Å². The van der Waals surface area contributed by atoms with E-state index in [0.717, 1.165) is 60.2 Å². The average molecular weight is 655 g/mol. The van der Waals surface area contributed by atoms with Crippen LogP contribution in [0.3, 0.4) is 0 Å². The van der Waals surface area contributed by atoms with Crippen molar-refractivity contribution in [3.63, 3.8) is 0 Å². The fourth-order valence-electron chi connectivity index (χ4n) is 6.77. The third-order valence-electron chi connectivity index (χ3n) is 9.51. The summed E-state index contributed by atoms with van der Waals surface area (Å²) in [7, 11) is 0. The Balaban J connectivity index is 1.53. The molecule has 1 aliphatic heterocycles. The normalized spacial score (nSPS) is 25.0. The fraction of sp³-hybridized carbons (Fsp3) is 0.667. The summed E-state index contributed by atoms with van der Waals surface area (Å²) in [5, 5.41) is 0. The van der Waals surface area contributed by atoms with Crippen molar-refractivity contribution in [1.29, 1.82) is 0 Å². The Bertz CT molecular complexity index is 927. The van der Waals surface area contributed by atoms with Crippen LogP contribution in [0.25, 0.3) is 0 Å². The van der Waals surface area contributed by atoms with Gasteiger partial charge in [-0.2, -0.15) is 0 Å². The van der Waals surface area contributed by atoms with Gasteiger partial charge in [-0.3, -0.25) is 0 Å². The molecule has 0 N–H and O–H groups in total. The number of rotatable bonds is 2. The monoisotopic (exact) mass is 656 g/mol. The van der Waals surface area contributed by atoms with Crippen LogP contribution in [0.1, 0.15) is 141 Å². The molecule has 0 bridgehead atoms. The zero-order valence-corrected chi connectivity index (χ0v) is 28.4. The molecule has 0 atom stereocenters. The van der Waals surface area contributed by atoms with Crippen LogP contribution in [0.15, 0.2) is 60.7 Å². The van der Waals surface area contributed by atoms with Crippen molar-refractivity contribution in [3.05, 3.63) is 60.7 Å². The predicted octanol–water partition coefficient (Wildman–Crippen LogP) is 9.10. The van der Waals surface area contributed by atoms with E-state index in [2.05, 4.69) is 24.3 Å². The Labute approximate surface area is 262 Å². The van der Waals surface area contributed by atoms with Gasteiger partial charge in [-0.1, -0.05) is 0 Å². The van der Waals surface area contributed by atoms with Crippen LogP contribution in [0.5, 0.6) is 0 Å². The molecule has 1 heterocycles. The molecule has 7 heteroatoms. The van der Waals surface area contributed by atoms with Crippen LogP contribution in [0.4, 0.5) is 0 Å². The van der Waals surface area contributed by atoms with E-state index < -0.39 is 25.5 Å². The van der Waals surface area contributed by atoms with Crippen LogP contribution in [-0.2, 0) is 27.4 Å². The number of benzene rings is 2. The van der Waals surface area contributed by atoms with E-state index >= 15 is 0 Å². The van der Waals surface area contributed by atoms with E-state index in [1.807, 2.05) is 36.4 Å². The summed E-state index contributed by atoms with van der Waals surface area (Å²) < 4.78 is 15.4. The molecule has 0 unspecified atom stereocenters. The molecule has 43 heavy (non-hydrogen) atoms. The van der Waals surface area contributed by atoms with E-state index in [0.29, 0.717) is 25.7 Å². The van der Waals surface area contributed by atoms with Crippen molar-refractivity contribution >= 4 is 22.7 Å². The molecule has 3 aliphatic rings. The molecule has 238 valence electrons. The first kappa shape index (κ1) is 33.1. The van der Waals surface area contributed by atoms with Gasteiger partial charge in [-0.15, -0.1) is 0 Å². The van der Waals surface area contributed by atoms with Gasteiger partial charge in [0.1, 0.15) is 0 Å². The second-order valence-electron chi connectivity index (χ2n) is 13.0. The molecule has 0 amide bonds. The molecule has 2 aromatic carbocycles. The van der Waals surface area contributed by atoms with E-state index in [1.54, 1.807) is 0 Å². The zero-order valence-electron chi connectivity index (χ0n) is 26.3. The standard InChI is InChI=1S/C36H54GeO6/c1-3-7-11-21-29-35(30-22-12-8-4-1)38-39-36(31-23-13-9-5-2-6-10-14-24-32-36)41-43-37(42-40-35,33-25-17-15-18-26-33)34-27-19-16-20-28-34/h15-20,25-28H,1-14,21-24,29-32H2. The van der Waals surface area contributed by atoms with Crippen molar-refractivity contribution in [2.45, 2.75) is 153 Å². The molecule has 0 aromatic heterocycles. The maximum atomic E-state index is 6.75. The van der Waals surface area contributed by atoms with Crippen molar-refractivity contribution in [2.24, 2.45) is 0 Å². The minimum absolute atomic E-state index is 0.713. The Morgan fingerprint density at radius 1 is 0.349 bits per heavy atom. The SMILES string of the molecule is c1cc[c]([Ge]2([c]3ccccc3)[O]OC3(CCCCCCCCCCC3)OOC3(CCCCCCCCCCC3)O[O]2)cc1. The van der Waals surface area contributed by atoms with E-state index in [9.17, 15) is 0 Å². The first-order chi connectivity index (χ1) is 21.2. The molecule has 1 saturated heterocycles. The number of hydrogen-bond acceptors (Lipinski definition) is 6. The van der Waals surface area contributed by atoms with Gasteiger partial charge < -0.3 is 0 Å². The van der Waals surface area contributed by atoms with Gasteiger partial charge >= 0.3 is 264 Å². The van der Waals surface area contributed by atoms with Crippen LogP contribution >= 0.6 is 0 Å². The third kappa shape index (κ3) is 9.62. The Morgan fingerprint density at radius 3 is 0.930 bits per heavy atom. The molecule has 2 aliphatic carbocycles. The summed E-state index contributed by atoms with van der Waals surface area (Å²) in [6.45, 7) is 0. The first-order valence-corrected chi connectivity index (χ1v) is 21.3. The average Bonchev–Trinajstić information content (AvgIpc) is 3.10. The second-order valence-corrected chi connectivity index (χ2v) is 18.7. The van der Waals surface area contributed by atoms with Crippen LogP contribution in [-0.4, -0.2) is 25.5 Å². The summed E-state index contributed by atoms with van der Waals surface area (Å²) in [6, 6.07) is 20.5. The predicted molar refractivity (Wildman–Crippen MR) is 171 cm³/mol. The Kier molecular flexibility index (Phi) is 13.4. The molecule has 6 nitrogen and oxygen atoms in total. The minimum atomic E-state index is -4.23. The van der Waals surface area contributed by atoms with Gasteiger partial charge in [0.25, 0.3) is 0 Å². The molecule has 2 aromatic rings. The van der Waals surface area contributed by atoms with E-state index in [4.69, 9.17) is 27.4 Å².